The van der Waals surface area contributed by atoms with Crippen molar-refractivity contribution in [2.45, 2.75) is 27.7 Å². The molecule has 4 heteroatoms. The van der Waals surface area contributed by atoms with Crippen LogP contribution in [-0.4, -0.2) is 9.97 Å². The van der Waals surface area contributed by atoms with Crippen molar-refractivity contribution < 1.29 is 0 Å². The molecule has 1 aromatic rings. The van der Waals surface area contributed by atoms with E-state index in [2.05, 4.69) is 21.8 Å². The molecule has 0 spiro atoms. The summed E-state index contributed by atoms with van der Waals surface area (Å²) < 4.78 is 0. The van der Waals surface area contributed by atoms with E-state index >= 15 is 0 Å². The Balaban J connectivity index is 3.20. The summed E-state index contributed by atoms with van der Waals surface area (Å²) in [4.78, 5) is 7.90. The highest BCUT2D eigenvalue weighted by molar-refractivity contribution is 5.55. The quantitative estimate of drug-likeness (QED) is 0.625. The second-order valence-corrected chi connectivity index (χ2v) is 4.43. The van der Waals surface area contributed by atoms with Crippen LogP contribution in [0.3, 0.4) is 0 Å². The van der Waals surface area contributed by atoms with Gasteiger partial charge in [-0.2, -0.15) is 4.98 Å². The van der Waals surface area contributed by atoms with Crippen LogP contribution in [0.15, 0.2) is 0 Å². The van der Waals surface area contributed by atoms with Crippen LogP contribution in [0.25, 0.3) is 0 Å². The van der Waals surface area contributed by atoms with E-state index in [1.807, 2.05) is 27.7 Å². The first-order valence-corrected chi connectivity index (χ1v) is 4.72. The molecule has 1 heterocycles. The monoisotopic (exact) mass is 204 g/mol. The van der Waals surface area contributed by atoms with Gasteiger partial charge < -0.3 is 11.5 Å². The van der Waals surface area contributed by atoms with Crippen LogP contribution in [0.1, 0.15) is 32.0 Å². The van der Waals surface area contributed by atoms with Gasteiger partial charge in [-0.05, 0) is 27.7 Å². The third-order valence-corrected chi connectivity index (χ3v) is 1.70. The van der Waals surface area contributed by atoms with Crippen molar-refractivity contribution in [2.75, 3.05) is 11.5 Å². The van der Waals surface area contributed by atoms with Gasteiger partial charge in [0.2, 0.25) is 5.95 Å². The molecule has 4 nitrogen and oxygen atoms in total. The van der Waals surface area contributed by atoms with Crippen LogP contribution in [0.4, 0.5) is 11.8 Å². The third-order valence-electron chi connectivity index (χ3n) is 1.70. The van der Waals surface area contributed by atoms with E-state index in [1.165, 1.54) is 0 Å². The van der Waals surface area contributed by atoms with Crippen molar-refractivity contribution in [3.63, 3.8) is 0 Å². The average molecular weight is 204 g/mol. The highest BCUT2D eigenvalue weighted by atomic mass is 15.0. The molecular weight excluding hydrogens is 188 g/mol. The first-order valence-electron chi connectivity index (χ1n) is 4.72. The number of nitrogen functional groups attached to an aromatic ring is 2. The zero-order valence-electron chi connectivity index (χ0n) is 9.55. The van der Waals surface area contributed by atoms with Crippen LogP contribution in [-0.2, 0) is 0 Å². The zero-order valence-corrected chi connectivity index (χ0v) is 9.55. The lowest BCUT2D eigenvalue weighted by Gasteiger charge is -2.08. The highest BCUT2D eigenvalue weighted by Crippen LogP contribution is 2.15. The summed E-state index contributed by atoms with van der Waals surface area (Å²) in [6.45, 7) is 7.91. The van der Waals surface area contributed by atoms with Gasteiger partial charge in [0.15, 0.2) is 0 Å². The minimum atomic E-state index is -0.0692. The molecule has 0 saturated carbocycles. The second kappa shape index (κ2) is 3.77. The molecular formula is C11H16N4. The van der Waals surface area contributed by atoms with Crippen molar-refractivity contribution in [3.05, 3.63) is 11.3 Å². The molecule has 0 unspecified atom stereocenters. The van der Waals surface area contributed by atoms with Crippen molar-refractivity contribution in [1.82, 2.24) is 9.97 Å². The fourth-order valence-corrected chi connectivity index (χ4v) is 1.02. The summed E-state index contributed by atoms with van der Waals surface area (Å²) in [7, 11) is 0. The van der Waals surface area contributed by atoms with Gasteiger partial charge in [-0.1, -0.05) is 11.8 Å². The molecule has 1 rings (SSSR count). The largest absolute Gasteiger partial charge is 0.382 e. The minimum Gasteiger partial charge on any atom is -0.382 e. The molecule has 0 bridgehead atoms. The van der Waals surface area contributed by atoms with E-state index in [0.29, 0.717) is 11.4 Å². The number of hydrogen-bond acceptors (Lipinski definition) is 4. The fourth-order valence-electron chi connectivity index (χ4n) is 1.02. The molecule has 0 aliphatic carbocycles. The Bertz CT molecular complexity index is 409. The Labute approximate surface area is 90.1 Å². The van der Waals surface area contributed by atoms with Gasteiger partial charge in [0.25, 0.3) is 0 Å². The number of aryl methyl sites for hydroxylation is 1. The number of aromatic nitrogens is 2. The maximum Gasteiger partial charge on any atom is 0.222 e. The van der Waals surface area contributed by atoms with Crippen LogP contribution in [0.5, 0.6) is 0 Å². The lowest BCUT2D eigenvalue weighted by molar-refractivity contribution is 0.571. The molecule has 0 fully saturated rings. The van der Waals surface area contributed by atoms with Crippen molar-refractivity contribution in [3.8, 4) is 11.8 Å². The van der Waals surface area contributed by atoms with Gasteiger partial charge in [0.1, 0.15) is 5.82 Å². The van der Waals surface area contributed by atoms with Crippen LogP contribution < -0.4 is 11.5 Å². The fraction of sp³-hybridized carbons (Fsp3) is 0.455. The first-order chi connectivity index (χ1) is 6.79. The van der Waals surface area contributed by atoms with Crippen LogP contribution in [0, 0.1) is 24.2 Å². The summed E-state index contributed by atoms with van der Waals surface area (Å²) in [5.74, 6) is 6.61. The van der Waals surface area contributed by atoms with Crippen molar-refractivity contribution in [1.29, 1.82) is 0 Å². The molecule has 0 aliphatic rings. The molecule has 0 radical (unpaired) electrons. The molecule has 0 aliphatic heterocycles. The Hall–Kier alpha value is -1.76. The van der Waals surface area contributed by atoms with Crippen LogP contribution in [0.2, 0.25) is 0 Å². The molecule has 80 valence electrons. The van der Waals surface area contributed by atoms with Gasteiger partial charge in [0, 0.05) is 5.41 Å². The van der Waals surface area contributed by atoms with E-state index in [1.54, 1.807) is 0 Å². The summed E-state index contributed by atoms with van der Waals surface area (Å²) in [6, 6.07) is 0. The van der Waals surface area contributed by atoms with Crippen molar-refractivity contribution in [2.24, 2.45) is 5.41 Å². The number of rotatable bonds is 0. The number of hydrogen-bond donors (Lipinski definition) is 2. The molecule has 0 amide bonds. The maximum atomic E-state index is 5.72. The van der Waals surface area contributed by atoms with E-state index in [4.69, 9.17) is 11.5 Å². The molecule has 1 aromatic heterocycles. The third kappa shape index (κ3) is 3.13. The predicted molar refractivity (Wildman–Crippen MR) is 61.9 cm³/mol. The number of nitrogens with two attached hydrogens (primary N) is 2. The molecule has 0 aromatic carbocycles. The van der Waals surface area contributed by atoms with Gasteiger partial charge in [-0.15, -0.1) is 0 Å². The van der Waals surface area contributed by atoms with E-state index in [-0.39, 0.29) is 11.4 Å². The number of anilines is 2. The number of nitrogens with zero attached hydrogens (tertiary/aromatic N) is 2. The molecule has 0 atom stereocenters. The van der Waals surface area contributed by atoms with Gasteiger partial charge >= 0.3 is 0 Å². The molecule has 4 N–H and O–H groups in total. The lowest BCUT2D eigenvalue weighted by atomic mass is 9.97. The second-order valence-electron chi connectivity index (χ2n) is 4.43. The predicted octanol–water partition coefficient (Wildman–Crippen LogP) is 1.35. The maximum absolute atomic E-state index is 5.72. The first kappa shape index (κ1) is 11.3. The lowest BCUT2D eigenvalue weighted by Crippen LogP contribution is -2.06. The van der Waals surface area contributed by atoms with E-state index < -0.39 is 0 Å². The highest BCUT2D eigenvalue weighted by Gasteiger charge is 2.07. The average Bonchev–Trinajstić information content (AvgIpc) is 1.99. The summed E-state index contributed by atoms with van der Waals surface area (Å²) in [6.07, 6.45) is 0. The topological polar surface area (TPSA) is 77.8 Å². The summed E-state index contributed by atoms with van der Waals surface area (Å²) in [5, 5.41) is 0. The van der Waals surface area contributed by atoms with Gasteiger partial charge in [-0.25, -0.2) is 4.98 Å². The SMILES string of the molecule is Cc1nc(N)nc(N)c1C#CC(C)(C)C. The van der Waals surface area contributed by atoms with E-state index in [0.717, 1.165) is 5.69 Å². The van der Waals surface area contributed by atoms with E-state index in [9.17, 15) is 0 Å². The summed E-state index contributed by atoms with van der Waals surface area (Å²) in [5.41, 5.74) is 12.5. The zero-order chi connectivity index (χ0) is 11.6. The standard InChI is InChI=1S/C11H16N4/c1-7-8(5-6-11(2,3)4)9(12)15-10(13)14-7/h1-4H3,(H4,12,13,14,15). The molecule has 0 saturated heterocycles. The Morgan fingerprint density at radius 2 is 1.73 bits per heavy atom. The van der Waals surface area contributed by atoms with Gasteiger partial charge in [0.05, 0.1) is 11.3 Å². The Kier molecular flexibility index (Phi) is 2.85. The van der Waals surface area contributed by atoms with Crippen molar-refractivity contribution >= 4 is 11.8 Å². The molecule has 15 heavy (non-hydrogen) atoms. The van der Waals surface area contributed by atoms with Gasteiger partial charge in [-0.3, -0.25) is 0 Å². The normalized spacial score (nSPS) is 10.7. The Morgan fingerprint density at radius 1 is 1.13 bits per heavy atom. The summed E-state index contributed by atoms with van der Waals surface area (Å²) >= 11 is 0. The smallest absolute Gasteiger partial charge is 0.222 e. The minimum absolute atomic E-state index is 0.0692. The van der Waals surface area contributed by atoms with Crippen LogP contribution >= 0.6 is 0 Å². The Morgan fingerprint density at radius 3 is 2.20 bits per heavy atom.